The van der Waals surface area contributed by atoms with E-state index in [9.17, 15) is 0 Å². The minimum absolute atomic E-state index is 0.276. The molecule has 0 aliphatic carbocycles. The topological polar surface area (TPSA) is 35.2 Å². The zero-order chi connectivity index (χ0) is 13.4. The van der Waals surface area contributed by atoms with Crippen LogP contribution < -0.4 is 10.5 Å². The van der Waals surface area contributed by atoms with Crippen molar-refractivity contribution in [1.82, 2.24) is 0 Å². The Morgan fingerprint density at radius 1 is 1.06 bits per heavy atom. The molecule has 102 valence electrons. The average molecular weight is 249 g/mol. The van der Waals surface area contributed by atoms with Gasteiger partial charge in [0.15, 0.2) is 0 Å². The highest BCUT2D eigenvalue weighted by Crippen LogP contribution is 2.20. The quantitative estimate of drug-likeness (QED) is 0.761. The van der Waals surface area contributed by atoms with Crippen molar-refractivity contribution in [3.05, 3.63) is 29.8 Å². The minimum Gasteiger partial charge on any atom is -0.497 e. The van der Waals surface area contributed by atoms with Crippen molar-refractivity contribution in [2.75, 3.05) is 7.11 Å². The molecule has 2 N–H and O–H groups in total. The van der Waals surface area contributed by atoms with Crippen molar-refractivity contribution in [2.24, 2.45) is 11.7 Å². The third-order valence-electron chi connectivity index (χ3n) is 3.55. The van der Waals surface area contributed by atoms with Gasteiger partial charge in [-0.2, -0.15) is 0 Å². The largest absolute Gasteiger partial charge is 0.497 e. The van der Waals surface area contributed by atoms with Crippen molar-refractivity contribution in [1.29, 1.82) is 0 Å². The van der Waals surface area contributed by atoms with E-state index in [4.69, 9.17) is 10.5 Å². The summed E-state index contributed by atoms with van der Waals surface area (Å²) in [5, 5.41) is 0. The van der Waals surface area contributed by atoms with Crippen LogP contribution >= 0.6 is 0 Å². The van der Waals surface area contributed by atoms with Gasteiger partial charge in [0.25, 0.3) is 0 Å². The predicted molar refractivity (Wildman–Crippen MR) is 78.0 cm³/mol. The van der Waals surface area contributed by atoms with Crippen LogP contribution in [0.2, 0.25) is 0 Å². The zero-order valence-electron chi connectivity index (χ0n) is 12.0. The lowest BCUT2D eigenvalue weighted by Gasteiger charge is -2.23. The molecule has 0 aromatic heterocycles. The lowest BCUT2D eigenvalue weighted by atomic mass is 9.87. The molecule has 1 atom stereocenters. The second-order valence-electron chi connectivity index (χ2n) is 5.05. The van der Waals surface area contributed by atoms with E-state index in [1.165, 1.54) is 31.2 Å². The maximum absolute atomic E-state index is 6.36. The second kappa shape index (κ2) is 8.15. The van der Waals surface area contributed by atoms with Crippen molar-refractivity contribution in [2.45, 2.75) is 52.0 Å². The Hall–Kier alpha value is -1.02. The van der Waals surface area contributed by atoms with Crippen LogP contribution in [0.4, 0.5) is 0 Å². The molecule has 1 unspecified atom stereocenters. The molecule has 0 bridgehead atoms. The molecule has 1 aromatic rings. The van der Waals surface area contributed by atoms with Gasteiger partial charge in [-0.1, -0.05) is 38.8 Å². The summed E-state index contributed by atoms with van der Waals surface area (Å²) < 4.78 is 5.17. The van der Waals surface area contributed by atoms with Crippen molar-refractivity contribution in [3.8, 4) is 5.75 Å². The molecule has 2 nitrogen and oxygen atoms in total. The Bertz CT molecular complexity index is 314. The van der Waals surface area contributed by atoms with Crippen LogP contribution in [-0.4, -0.2) is 13.2 Å². The second-order valence-corrected chi connectivity index (χ2v) is 5.05. The fraction of sp³-hybridized carbons (Fsp3) is 0.625. The fourth-order valence-corrected chi connectivity index (χ4v) is 2.51. The van der Waals surface area contributed by atoms with Gasteiger partial charge in [0.05, 0.1) is 7.11 Å². The SMILES string of the molecule is CCCC(CCC)C(N)Cc1ccc(OC)cc1. The van der Waals surface area contributed by atoms with Gasteiger partial charge >= 0.3 is 0 Å². The van der Waals surface area contributed by atoms with Crippen LogP contribution in [0.5, 0.6) is 5.75 Å². The zero-order valence-corrected chi connectivity index (χ0v) is 12.0. The Balaban J connectivity index is 2.57. The molecule has 1 aromatic carbocycles. The van der Waals surface area contributed by atoms with Crippen molar-refractivity contribution in [3.63, 3.8) is 0 Å². The number of hydrogen-bond acceptors (Lipinski definition) is 2. The third-order valence-corrected chi connectivity index (χ3v) is 3.55. The minimum atomic E-state index is 0.276. The summed E-state index contributed by atoms with van der Waals surface area (Å²) in [7, 11) is 1.69. The molecular formula is C16H27NO. The van der Waals surface area contributed by atoms with Gasteiger partial charge in [-0.05, 0) is 42.9 Å². The first kappa shape index (κ1) is 15.0. The Labute approximate surface area is 112 Å². The first-order valence-electron chi connectivity index (χ1n) is 7.09. The Morgan fingerprint density at radius 3 is 2.06 bits per heavy atom. The highest BCUT2D eigenvalue weighted by molar-refractivity contribution is 5.27. The maximum Gasteiger partial charge on any atom is 0.118 e. The summed E-state index contributed by atoms with van der Waals surface area (Å²) in [6.45, 7) is 4.48. The van der Waals surface area contributed by atoms with Gasteiger partial charge in [-0.15, -0.1) is 0 Å². The molecule has 2 heteroatoms. The highest BCUT2D eigenvalue weighted by Gasteiger charge is 2.16. The Morgan fingerprint density at radius 2 is 1.61 bits per heavy atom. The van der Waals surface area contributed by atoms with E-state index >= 15 is 0 Å². The van der Waals surface area contributed by atoms with Crippen molar-refractivity contribution >= 4 is 0 Å². The van der Waals surface area contributed by atoms with Gasteiger partial charge in [0.1, 0.15) is 5.75 Å². The van der Waals surface area contributed by atoms with Crippen LogP contribution in [0.1, 0.15) is 45.1 Å². The fourth-order valence-electron chi connectivity index (χ4n) is 2.51. The molecule has 18 heavy (non-hydrogen) atoms. The maximum atomic E-state index is 6.36. The lowest BCUT2D eigenvalue weighted by molar-refractivity contribution is 0.359. The van der Waals surface area contributed by atoms with E-state index < -0.39 is 0 Å². The summed E-state index contributed by atoms with van der Waals surface area (Å²) in [5.74, 6) is 1.56. The molecule has 0 radical (unpaired) electrons. The smallest absolute Gasteiger partial charge is 0.118 e. The van der Waals surface area contributed by atoms with Crippen LogP contribution in [0.3, 0.4) is 0 Å². The standard InChI is InChI=1S/C16H27NO/c1-4-6-14(7-5-2)16(17)12-13-8-10-15(18-3)11-9-13/h8-11,14,16H,4-7,12,17H2,1-3H3. The van der Waals surface area contributed by atoms with Crippen molar-refractivity contribution < 1.29 is 4.74 Å². The number of ether oxygens (including phenoxy) is 1. The molecule has 0 heterocycles. The molecule has 0 spiro atoms. The summed E-state index contributed by atoms with van der Waals surface area (Å²) in [4.78, 5) is 0. The molecule has 0 aliphatic rings. The van der Waals surface area contributed by atoms with E-state index in [-0.39, 0.29) is 6.04 Å². The lowest BCUT2D eigenvalue weighted by Crippen LogP contribution is -2.32. The highest BCUT2D eigenvalue weighted by atomic mass is 16.5. The molecule has 0 amide bonds. The molecular weight excluding hydrogens is 222 g/mol. The van der Waals surface area contributed by atoms with Gasteiger partial charge in [-0.25, -0.2) is 0 Å². The van der Waals surface area contributed by atoms with Crippen LogP contribution in [-0.2, 0) is 6.42 Å². The Kier molecular flexibility index (Phi) is 6.81. The van der Waals surface area contributed by atoms with E-state index in [0.717, 1.165) is 12.2 Å². The summed E-state index contributed by atoms with van der Waals surface area (Å²) in [5.41, 5.74) is 7.67. The molecule has 0 fully saturated rings. The molecule has 0 saturated heterocycles. The normalized spacial score (nSPS) is 12.7. The monoisotopic (exact) mass is 249 g/mol. The number of methoxy groups -OCH3 is 1. The first-order chi connectivity index (χ1) is 8.71. The first-order valence-corrected chi connectivity index (χ1v) is 7.09. The van der Waals surface area contributed by atoms with Crippen LogP contribution in [0.25, 0.3) is 0 Å². The van der Waals surface area contributed by atoms with Crippen LogP contribution in [0, 0.1) is 5.92 Å². The number of hydrogen-bond donors (Lipinski definition) is 1. The summed E-state index contributed by atoms with van der Waals surface area (Å²) in [6, 6.07) is 8.53. The third kappa shape index (κ3) is 4.69. The molecule has 1 rings (SSSR count). The van der Waals surface area contributed by atoms with E-state index in [2.05, 4.69) is 26.0 Å². The number of benzene rings is 1. The summed E-state index contributed by atoms with van der Waals surface area (Å²) in [6.07, 6.45) is 5.90. The molecule has 0 saturated carbocycles. The van der Waals surface area contributed by atoms with Gasteiger partial charge in [0.2, 0.25) is 0 Å². The van der Waals surface area contributed by atoms with Gasteiger partial charge in [0, 0.05) is 6.04 Å². The van der Waals surface area contributed by atoms with Crippen LogP contribution in [0.15, 0.2) is 24.3 Å². The van der Waals surface area contributed by atoms with E-state index in [1.54, 1.807) is 7.11 Å². The van der Waals surface area contributed by atoms with E-state index in [1.807, 2.05) is 12.1 Å². The predicted octanol–water partition coefficient (Wildman–Crippen LogP) is 3.78. The van der Waals surface area contributed by atoms with Gasteiger partial charge < -0.3 is 10.5 Å². The molecule has 0 aliphatic heterocycles. The van der Waals surface area contributed by atoms with Gasteiger partial charge in [-0.3, -0.25) is 0 Å². The number of nitrogens with two attached hydrogens (primary N) is 1. The number of rotatable bonds is 8. The average Bonchev–Trinajstić information content (AvgIpc) is 2.39. The van der Waals surface area contributed by atoms with E-state index in [0.29, 0.717) is 5.92 Å². The summed E-state index contributed by atoms with van der Waals surface area (Å²) >= 11 is 0.